The van der Waals surface area contributed by atoms with E-state index in [2.05, 4.69) is 50.7 Å². The van der Waals surface area contributed by atoms with Crippen LogP contribution in [0.3, 0.4) is 0 Å². The SMILES string of the molecule is CN=C(NCCc1coc(-c2ccc(F)cc2)n1)N(C)Cc1ccc(SC)cc1. The number of nitrogens with one attached hydrogen (secondary N) is 1. The fourth-order valence-electron chi connectivity index (χ4n) is 2.91. The molecule has 0 atom stereocenters. The van der Waals surface area contributed by atoms with Crippen LogP contribution in [0.2, 0.25) is 0 Å². The van der Waals surface area contributed by atoms with Crippen molar-refractivity contribution in [3.05, 3.63) is 71.9 Å². The lowest BCUT2D eigenvalue weighted by Gasteiger charge is -2.22. The molecular weight excluding hydrogens is 387 g/mol. The summed E-state index contributed by atoms with van der Waals surface area (Å²) in [5, 5.41) is 3.36. The van der Waals surface area contributed by atoms with Gasteiger partial charge in [0.25, 0.3) is 0 Å². The molecule has 1 heterocycles. The maximum Gasteiger partial charge on any atom is 0.226 e. The predicted molar refractivity (Wildman–Crippen MR) is 117 cm³/mol. The van der Waals surface area contributed by atoms with E-state index >= 15 is 0 Å². The van der Waals surface area contributed by atoms with Crippen LogP contribution in [0, 0.1) is 5.82 Å². The average molecular weight is 413 g/mol. The van der Waals surface area contributed by atoms with Crippen molar-refractivity contribution in [3.8, 4) is 11.5 Å². The van der Waals surface area contributed by atoms with Gasteiger partial charge in [-0.3, -0.25) is 4.99 Å². The quantitative estimate of drug-likeness (QED) is 0.353. The summed E-state index contributed by atoms with van der Waals surface area (Å²) in [4.78, 5) is 12.2. The van der Waals surface area contributed by atoms with Crippen molar-refractivity contribution < 1.29 is 8.81 Å². The number of halogens is 1. The van der Waals surface area contributed by atoms with Gasteiger partial charge >= 0.3 is 0 Å². The Bertz CT molecular complexity index is 938. The third-order valence-corrected chi connectivity index (χ3v) is 5.20. The van der Waals surface area contributed by atoms with Crippen LogP contribution in [0.15, 0.2) is 69.1 Å². The van der Waals surface area contributed by atoms with Crippen molar-refractivity contribution >= 4 is 17.7 Å². The summed E-state index contributed by atoms with van der Waals surface area (Å²) in [6.07, 6.45) is 4.41. The van der Waals surface area contributed by atoms with Crippen LogP contribution in [0.25, 0.3) is 11.5 Å². The smallest absolute Gasteiger partial charge is 0.226 e. The Morgan fingerprint density at radius 2 is 1.90 bits per heavy atom. The van der Waals surface area contributed by atoms with Crippen LogP contribution in [-0.4, -0.2) is 42.7 Å². The molecule has 0 aliphatic carbocycles. The molecule has 0 saturated carbocycles. The molecule has 3 rings (SSSR count). The van der Waals surface area contributed by atoms with Crippen LogP contribution in [0.5, 0.6) is 0 Å². The highest BCUT2D eigenvalue weighted by atomic mass is 32.2. The van der Waals surface area contributed by atoms with Crippen LogP contribution < -0.4 is 5.32 Å². The summed E-state index contributed by atoms with van der Waals surface area (Å²) in [5.41, 5.74) is 2.82. The average Bonchev–Trinajstić information content (AvgIpc) is 3.21. The van der Waals surface area contributed by atoms with Gasteiger partial charge in [-0.15, -0.1) is 11.8 Å². The molecule has 0 aliphatic heterocycles. The molecule has 1 aromatic heterocycles. The fraction of sp³-hybridized carbons (Fsp3) is 0.273. The van der Waals surface area contributed by atoms with E-state index in [9.17, 15) is 4.39 Å². The summed E-state index contributed by atoms with van der Waals surface area (Å²) >= 11 is 1.74. The van der Waals surface area contributed by atoms with Gasteiger partial charge in [0.15, 0.2) is 5.96 Å². The maximum atomic E-state index is 13.0. The second-order valence-electron chi connectivity index (χ2n) is 6.58. The highest BCUT2D eigenvalue weighted by molar-refractivity contribution is 7.98. The molecule has 0 bridgehead atoms. The highest BCUT2D eigenvalue weighted by Gasteiger charge is 2.09. The summed E-state index contributed by atoms with van der Waals surface area (Å²) in [6.45, 7) is 1.45. The number of oxazole rings is 1. The number of aromatic nitrogens is 1. The highest BCUT2D eigenvalue weighted by Crippen LogP contribution is 2.19. The first-order valence-corrected chi connectivity index (χ1v) is 10.6. The van der Waals surface area contributed by atoms with Gasteiger partial charge in [-0.25, -0.2) is 9.37 Å². The zero-order valence-corrected chi connectivity index (χ0v) is 17.7. The van der Waals surface area contributed by atoms with Crippen molar-refractivity contribution in [2.24, 2.45) is 4.99 Å². The van der Waals surface area contributed by atoms with E-state index < -0.39 is 0 Å². The Kier molecular flexibility index (Phi) is 7.30. The molecule has 152 valence electrons. The van der Waals surface area contributed by atoms with Gasteiger partial charge in [0.2, 0.25) is 5.89 Å². The van der Waals surface area contributed by atoms with Gasteiger partial charge < -0.3 is 14.6 Å². The van der Waals surface area contributed by atoms with Crippen molar-refractivity contribution in [3.63, 3.8) is 0 Å². The Balaban J connectivity index is 1.51. The van der Waals surface area contributed by atoms with Crippen molar-refractivity contribution in [2.45, 2.75) is 17.9 Å². The molecule has 5 nitrogen and oxygen atoms in total. The first kappa shape index (κ1) is 20.9. The summed E-state index contributed by atoms with van der Waals surface area (Å²) in [6, 6.07) is 14.7. The maximum absolute atomic E-state index is 13.0. The number of hydrogen-bond donors (Lipinski definition) is 1. The number of aliphatic imine (C=N–C) groups is 1. The largest absolute Gasteiger partial charge is 0.444 e. The molecule has 0 amide bonds. The lowest BCUT2D eigenvalue weighted by Crippen LogP contribution is -2.39. The van der Waals surface area contributed by atoms with Crippen LogP contribution in [-0.2, 0) is 13.0 Å². The number of rotatable bonds is 7. The fourth-order valence-corrected chi connectivity index (χ4v) is 3.32. The van der Waals surface area contributed by atoms with E-state index in [1.54, 1.807) is 37.2 Å². The molecule has 2 aromatic carbocycles. The third-order valence-electron chi connectivity index (χ3n) is 4.46. The molecule has 0 spiro atoms. The summed E-state index contributed by atoms with van der Waals surface area (Å²) in [7, 11) is 3.79. The minimum atomic E-state index is -0.277. The second kappa shape index (κ2) is 10.1. The third kappa shape index (κ3) is 5.84. The topological polar surface area (TPSA) is 53.7 Å². The first-order chi connectivity index (χ1) is 14.1. The lowest BCUT2D eigenvalue weighted by molar-refractivity contribution is 0.477. The van der Waals surface area contributed by atoms with Crippen LogP contribution in [0.4, 0.5) is 4.39 Å². The predicted octanol–water partition coefficient (Wildman–Crippen LogP) is 4.45. The molecule has 0 saturated heterocycles. The lowest BCUT2D eigenvalue weighted by atomic mass is 10.2. The number of guanidine groups is 1. The Labute approximate surface area is 175 Å². The Morgan fingerprint density at radius 1 is 1.17 bits per heavy atom. The molecule has 0 fully saturated rings. The zero-order chi connectivity index (χ0) is 20.6. The minimum absolute atomic E-state index is 0.277. The number of thioether (sulfide) groups is 1. The van der Waals surface area contributed by atoms with E-state index in [4.69, 9.17) is 4.42 Å². The van der Waals surface area contributed by atoms with Gasteiger partial charge in [0.05, 0.1) is 5.69 Å². The molecular formula is C22H25FN4OS. The molecule has 7 heteroatoms. The van der Waals surface area contributed by atoms with Gasteiger partial charge in [-0.05, 0) is 48.2 Å². The van der Waals surface area contributed by atoms with E-state index in [0.717, 1.165) is 23.8 Å². The monoisotopic (exact) mass is 412 g/mol. The summed E-state index contributed by atoms with van der Waals surface area (Å²) < 4.78 is 18.6. The number of nitrogens with zero attached hydrogens (tertiary/aromatic N) is 3. The minimum Gasteiger partial charge on any atom is -0.444 e. The normalized spacial score (nSPS) is 11.5. The van der Waals surface area contributed by atoms with Gasteiger partial charge in [-0.1, -0.05) is 12.1 Å². The van der Waals surface area contributed by atoms with Gasteiger partial charge in [0, 0.05) is 44.1 Å². The Morgan fingerprint density at radius 3 is 2.55 bits per heavy atom. The van der Waals surface area contributed by atoms with Gasteiger partial charge in [0.1, 0.15) is 12.1 Å². The summed E-state index contributed by atoms with van der Waals surface area (Å²) in [5.74, 6) is 1.04. The molecule has 0 aliphatic rings. The molecule has 1 N–H and O–H groups in total. The number of benzene rings is 2. The Hall–Kier alpha value is -2.80. The van der Waals surface area contributed by atoms with E-state index in [-0.39, 0.29) is 5.82 Å². The van der Waals surface area contributed by atoms with Crippen molar-refractivity contribution in [2.75, 3.05) is 26.9 Å². The standard InChI is InChI=1S/C22H25FN4OS/c1-24-22(27(2)14-16-4-10-20(29-3)11-5-16)25-13-12-19-15-28-21(26-19)17-6-8-18(23)9-7-17/h4-11,15H,12-14H2,1-3H3,(H,24,25). The zero-order valence-electron chi connectivity index (χ0n) is 16.9. The van der Waals surface area contributed by atoms with Gasteiger partial charge in [-0.2, -0.15) is 0 Å². The van der Waals surface area contributed by atoms with Crippen LogP contribution in [0.1, 0.15) is 11.3 Å². The second-order valence-corrected chi connectivity index (χ2v) is 7.46. The van der Waals surface area contributed by atoms with E-state index in [0.29, 0.717) is 18.9 Å². The van der Waals surface area contributed by atoms with E-state index in [1.807, 2.05) is 7.05 Å². The van der Waals surface area contributed by atoms with Crippen molar-refractivity contribution in [1.82, 2.24) is 15.2 Å². The molecule has 0 unspecified atom stereocenters. The van der Waals surface area contributed by atoms with Crippen molar-refractivity contribution in [1.29, 1.82) is 0 Å². The molecule has 3 aromatic rings. The van der Waals surface area contributed by atoms with Crippen LogP contribution >= 0.6 is 11.8 Å². The molecule has 29 heavy (non-hydrogen) atoms. The first-order valence-electron chi connectivity index (χ1n) is 9.34. The van der Waals surface area contributed by atoms with E-state index in [1.165, 1.54) is 22.6 Å². The number of hydrogen-bond acceptors (Lipinski definition) is 4. The molecule has 0 radical (unpaired) electrons.